The summed E-state index contributed by atoms with van der Waals surface area (Å²) in [5, 5.41) is 3.32. The molecule has 4 aromatic rings. The van der Waals surface area contributed by atoms with E-state index in [9.17, 15) is 14.4 Å². The maximum atomic E-state index is 13.5. The Morgan fingerprint density at radius 2 is 1.75 bits per heavy atom. The quantitative estimate of drug-likeness (QED) is 0.326. The molecular weight excluding hydrogens is 474 g/mol. The number of rotatable bonds is 8. The molecule has 2 aromatic heterocycles. The summed E-state index contributed by atoms with van der Waals surface area (Å²) in [5.41, 5.74) is 3.89. The molecule has 0 spiro atoms. The Morgan fingerprint density at radius 3 is 2.42 bits per heavy atom. The van der Waals surface area contributed by atoms with Gasteiger partial charge in [-0.25, -0.2) is 9.78 Å². The lowest BCUT2D eigenvalue weighted by Gasteiger charge is -2.19. The van der Waals surface area contributed by atoms with Gasteiger partial charge in [0.2, 0.25) is 5.91 Å². The Kier molecular flexibility index (Phi) is 7.64. The van der Waals surface area contributed by atoms with Crippen molar-refractivity contribution < 1.29 is 14.3 Å². The lowest BCUT2D eigenvalue weighted by molar-refractivity contribution is -0.119. The molecule has 36 heavy (non-hydrogen) atoms. The molecule has 7 nitrogen and oxygen atoms in total. The predicted octanol–water partition coefficient (Wildman–Crippen LogP) is 5.37. The van der Waals surface area contributed by atoms with Gasteiger partial charge in [-0.3, -0.25) is 14.2 Å². The second kappa shape index (κ2) is 10.9. The number of para-hydroxylation sites is 1. The summed E-state index contributed by atoms with van der Waals surface area (Å²) >= 11 is 1.14. The first-order valence-corrected chi connectivity index (χ1v) is 12.7. The minimum atomic E-state index is -0.742. The third-order valence-electron chi connectivity index (χ3n) is 6.28. The van der Waals surface area contributed by atoms with Crippen molar-refractivity contribution >= 4 is 39.1 Å². The fraction of sp³-hybridized carbons (Fsp3) is 0.286. The SMILES string of the molecule is CCC(C(=O)Nc1c(C)cccc1C)n1cnc2sc(C(=O)OCCc3ccccc3)c(C)c2c1=O. The van der Waals surface area contributed by atoms with E-state index in [1.807, 2.05) is 69.3 Å². The van der Waals surface area contributed by atoms with Crippen LogP contribution in [0.3, 0.4) is 0 Å². The zero-order chi connectivity index (χ0) is 25.8. The number of hydrogen-bond acceptors (Lipinski definition) is 6. The summed E-state index contributed by atoms with van der Waals surface area (Å²) in [7, 11) is 0. The molecule has 1 atom stereocenters. The molecule has 0 saturated carbocycles. The number of thiophene rings is 1. The van der Waals surface area contributed by atoms with Crippen LogP contribution in [0.1, 0.15) is 51.3 Å². The normalized spacial score (nSPS) is 11.9. The number of aryl methyl sites for hydroxylation is 3. The van der Waals surface area contributed by atoms with E-state index in [-0.39, 0.29) is 18.1 Å². The first-order valence-electron chi connectivity index (χ1n) is 11.9. The zero-order valence-corrected chi connectivity index (χ0v) is 21.6. The minimum absolute atomic E-state index is 0.241. The number of anilines is 1. The van der Waals surface area contributed by atoms with E-state index >= 15 is 0 Å². The van der Waals surface area contributed by atoms with Crippen LogP contribution in [0.5, 0.6) is 0 Å². The average Bonchev–Trinajstić information content (AvgIpc) is 3.21. The number of nitrogens with one attached hydrogen (secondary N) is 1. The topological polar surface area (TPSA) is 90.3 Å². The molecule has 1 N–H and O–H groups in total. The molecule has 0 bridgehead atoms. The molecule has 1 amide bonds. The van der Waals surface area contributed by atoms with Gasteiger partial charge in [-0.1, -0.05) is 55.5 Å². The Hall–Kier alpha value is -3.78. The van der Waals surface area contributed by atoms with E-state index in [0.29, 0.717) is 33.5 Å². The van der Waals surface area contributed by atoms with E-state index in [0.717, 1.165) is 33.7 Å². The molecule has 2 aromatic carbocycles. The van der Waals surface area contributed by atoms with Gasteiger partial charge in [0.15, 0.2) is 0 Å². The van der Waals surface area contributed by atoms with Gasteiger partial charge in [-0.15, -0.1) is 11.3 Å². The summed E-state index contributed by atoms with van der Waals surface area (Å²) in [6.07, 6.45) is 2.40. The summed E-state index contributed by atoms with van der Waals surface area (Å²) < 4.78 is 6.84. The fourth-order valence-corrected chi connectivity index (χ4v) is 5.29. The molecule has 0 saturated heterocycles. The molecule has 0 aliphatic carbocycles. The molecular formula is C28H29N3O4S. The van der Waals surface area contributed by atoms with Gasteiger partial charge in [0.25, 0.3) is 5.56 Å². The molecule has 0 radical (unpaired) electrons. The molecule has 8 heteroatoms. The second-order valence-corrected chi connectivity index (χ2v) is 9.74. The second-order valence-electron chi connectivity index (χ2n) is 8.74. The molecule has 0 fully saturated rings. The number of carbonyl (C=O) groups is 2. The minimum Gasteiger partial charge on any atom is -0.461 e. The van der Waals surface area contributed by atoms with Crippen LogP contribution in [0.25, 0.3) is 10.2 Å². The van der Waals surface area contributed by atoms with Gasteiger partial charge < -0.3 is 10.1 Å². The molecule has 186 valence electrons. The first-order chi connectivity index (χ1) is 17.3. The van der Waals surface area contributed by atoms with Crippen LogP contribution >= 0.6 is 11.3 Å². The highest BCUT2D eigenvalue weighted by Crippen LogP contribution is 2.28. The van der Waals surface area contributed by atoms with E-state index in [4.69, 9.17) is 4.74 Å². The van der Waals surface area contributed by atoms with Gasteiger partial charge in [0, 0.05) is 12.1 Å². The number of aromatic nitrogens is 2. The Bertz CT molecular complexity index is 1450. The average molecular weight is 504 g/mol. The highest BCUT2D eigenvalue weighted by molar-refractivity contribution is 7.20. The van der Waals surface area contributed by atoms with Crippen molar-refractivity contribution in [3.8, 4) is 0 Å². The number of nitrogens with zero attached hydrogens (tertiary/aromatic N) is 2. The molecule has 0 aliphatic heterocycles. The van der Waals surface area contributed by atoms with Crippen LogP contribution in [-0.2, 0) is 16.0 Å². The zero-order valence-electron chi connectivity index (χ0n) is 20.8. The fourth-order valence-electron chi connectivity index (χ4n) is 4.25. The van der Waals surface area contributed by atoms with E-state index in [2.05, 4.69) is 10.3 Å². The van der Waals surface area contributed by atoms with Gasteiger partial charge in [-0.2, -0.15) is 0 Å². The third-order valence-corrected chi connectivity index (χ3v) is 7.46. The highest BCUT2D eigenvalue weighted by Gasteiger charge is 2.25. The van der Waals surface area contributed by atoms with E-state index in [1.54, 1.807) is 6.92 Å². The predicted molar refractivity (Wildman–Crippen MR) is 143 cm³/mol. The van der Waals surface area contributed by atoms with E-state index in [1.165, 1.54) is 10.9 Å². The standard InChI is InChI=1S/C28H29N3O4S/c1-5-21(25(32)30-23-17(2)10-9-11-18(23)3)31-16-29-26-22(27(31)33)19(4)24(36-26)28(34)35-15-14-20-12-7-6-8-13-20/h6-13,16,21H,5,14-15H2,1-4H3,(H,30,32). The largest absolute Gasteiger partial charge is 0.461 e. The van der Waals surface area contributed by atoms with Crippen molar-refractivity contribution in [1.29, 1.82) is 0 Å². The van der Waals surface area contributed by atoms with Crippen LogP contribution in [-0.4, -0.2) is 28.0 Å². The number of benzene rings is 2. The molecule has 2 heterocycles. The monoisotopic (exact) mass is 503 g/mol. The van der Waals surface area contributed by atoms with E-state index < -0.39 is 12.0 Å². The van der Waals surface area contributed by atoms with Crippen molar-refractivity contribution in [2.24, 2.45) is 0 Å². The third kappa shape index (κ3) is 5.09. The van der Waals surface area contributed by atoms with Crippen molar-refractivity contribution in [1.82, 2.24) is 9.55 Å². The summed E-state index contributed by atoms with van der Waals surface area (Å²) in [4.78, 5) is 44.7. The van der Waals surface area contributed by atoms with Crippen molar-refractivity contribution in [2.75, 3.05) is 11.9 Å². The maximum Gasteiger partial charge on any atom is 0.348 e. The van der Waals surface area contributed by atoms with Crippen LogP contribution < -0.4 is 10.9 Å². The Labute approximate surface area is 213 Å². The highest BCUT2D eigenvalue weighted by atomic mass is 32.1. The lowest BCUT2D eigenvalue weighted by Crippen LogP contribution is -2.33. The smallest absolute Gasteiger partial charge is 0.348 e. The number of amides is 1. The summed E-state index contributed by atoms with van der Waals surface area (Å²) in [6, 6.07) is 14.8. The molecule has 1 unspecified atom stereocenters. The first kappa shape index (κ1) is 25.3. The molecule has 0 aliphatic rings. The lowest BCUT2D eigenvalue weighted by atomic mass is 10.1. The number of esters is 1. The Morgan fingerprint density at radius 1 is 1.06 bits per heavy atom. The van der Waals surface area contributed by atoms with Gasteiger partial charge >= 0.3 is 5.97 Å². The Balaban J connectivity index is 1.58. The molecule has 4 rings (SSSR count). The van der Waals surface area contributed by atoms with Crippen LogP contribution in [0.4, 0.5) is 5.69 Å². The van der Waals surface area contributed by atoms with Gasteiger partial charge in [0.05, 0.1) is 18.3 Å². The number of hydrogen-bond donors (Lipinski definition) is 1. The number of fused-ring (bicyclic) bond motifs is 1. The van der Waals surface area contributed by atoms with Crippen molar-refractivity contribution in [3.63, 3.8) is 0 Å². The van der Waals surface area contributed by atoms with Gasteiger partial charge in [-0.05, 0) is 49.4 Å². The van der Waals surface area contributed by atoms with Gasteiger partial charge in [0.1, 0.15) is 15.7 Å². The van der Waals surface area contributed by atoms with Crippen LogP contribution in [0.15, 0.2) is 59.7 Å². The maximum absolute atomic E-state index is 13.5. The van der Waals surface area contributed by atoms with Crippen LogP contribution in [0.2, 0.25) is 0 Å². The van der Waals surface area contributed by atoms with Crippen molar-refractivity contribution in [2.45, 2.75) is 46.6 Å². The summed E-state index contributed by atoms with van der Waals surface area (Å²) in [5.74, 6) is -0.760. The van der Waals surface area contributed by atoms with Crippen LogP contribution in [0, 0.1) is 20.8 Å². The summed E-state index contributed by atoms with van der Waals surface area (Å²) in [6.45, 7) is 7.67. The van der Waals surface area contributed by atoms with Crippen molar-refractivity contribution in [3.05, 3.63) is 92.3 Å². The number of carbonyl (C=O) groups excluding carboxylic acids is 2. The number of ether oxygens (including phenoxy) is 1.